The molecule has 0 fully saturated rings. The van der Waals surface area contributed by atoms with Crippen molar-refractivity contribution in [2.45, 2.75) is 19.4 Å². The van der Waals surface area contributed by atoms with E-state index in [9.17, 15) is 0 Å². The maximum absolute atomic E-state index is 5.38. The number of ether oxygens (including phenoxy) is 1. The third kappa shape index (κ3) is 5.37. The molecule has 0 spiro atoms. The number of nitrogens with zero attached hydrogens (tertiary/aromatic N) is 2. The predicted molar refractivity (Wildman–Crippen MR) is 98.6 cm³/mol. The number of aromatic nitrogens is 1. The molecule has 126 valence electrons. The molecular formula is C16H25N5OS. The predicted octanol–water partition coefficient (Wildman–Crippen LogP) is 2.30. The van der Waals surface area contributed by atoms with Gasteiger partial charge in [-0.15, -0.1) is 0 Å². The molecule has 2 aromatic rings. The van der Waals surface area contributed by atoms with E-state index in [1.807, 2.05) is 32.0 Å². The van der Waals surface area contributed by atoms with Crippen LogP contribution in [0.3, 0.4) is 0 Å². The number of hydrogen-bond donors (Lipinski definition) is 3. The summed E-state index contributed by atoms with van der Waals surface area (Å²) in [6.07, 6.45) is 0. The molecule has 7 heteroatoms. The molecule has 3 N–H and O–H groups in total. The van der Waals surface area contributed by atoms with Gasteiger partial charge in [0.15, 0.2) is 11.1 Å². The van der Waals surface area contributed by atoms with Gasteiger partial charge in [-0.1, -0.05) is 23.5 Å². The molecule has 2 rings (SSSR count). The van der Waals surface area contributed by atoms with Crippen LogP contribution in [0.1, 0.15) is 13.8 Å². The van der Waals surface area contributed by atoms with E-state index in [2.05, 4.69) is 32.0 Å². The highest BCUT2D eigenvalue weighted by Gasteiger charge is 2.16. The highest BCUT2D eigenvalue weighted by Crippen LogP contribution is 2.24. The molecule has 0 atom stereocenters. The maximum Gasteiger partial charge on any atom is 0.191 e. The first-order valence-electron chi connectivity index (χ1n) is 7.63. The van der Waals surface area contributed by atoms with Crippen LogP contribution in [0.15, 0.2) is 29.3 Å². The summed E-state index contributed by atoms with van der Waals surface area (Å²) < 4.78 is 6.58. The highest BCUT2D eigenvalue weighted by atomic mass is 32.1. The van der Waals surface area contributed by atoms with Crippen LogP contribution in [0.5, 0.6) is 0 Å². The summed E-state index contributed by atoms with van der Waals surface area (Å²) in [5.41, 5.74) is 0.809. The van der Waals surface area contributed by atoms with Crippen LogP contribution in [0.25, 0.3) is 10.2 Å². The zero-order valence-electron chi connectivity index (χ0n) is 14.1. The number of anilines is 1. The Hall–Kier alpha value is -1.86. The Bertz CT molecular complexity index is 620. The number of methoxy groups -OCH3 is 1. The van der Waals surface area contributed by atoms with E-state index in [0.717, 1.165) is 29.7 Å². The number of rotatable bonds is 7. The van der Waals surface area contributed by atoms with Crippen molar-refractivity contribution >= 4 is 32.6 Å². The van der Waals surface area contributed by atoms with Gasteiger partial charge in [0.05, 0.1) is 15.8 Å². The zero-order valence-corrected chi connectivity index (χ0v) is 15.0. The highest BCUT2D eigenvalue weighted by molar-refractivity contribution is 7.22. The number of thiazole rings is 1. The summed E-state index contributed by atoms with van der Waals surface area (Å²) in [6.45, 7) is 6.27. The lowest BCUT2D eigenvalue weighted by molar-refractivity contribution is 0.0268. The summed E-state index contributed by atoms with van der Waals surface area (Å²) in [4.78, 5) is 8.75. The first-order valence-corrected chi connectivity index (χ1v) is 8.45. The Kier molecular flexibility index (Phi) is 6.18. The van der Waals surface area contributed by atoms with Crippen molar-refractivity contribution in [2.24, 2.45) is 4.99 Å². The summed E-state index contributed by atoms with van der Waals surface area (Å²) >= 11 is 1.67. The number of aliphatic imine (C=N–C) groups is 1. The van der Waals surface area contributed by atoms with Crippen molar-refractivity contribution in [1.29, 1.82) is 0 Å². The van der Waals surface area contributed by atoms with Crippen LogP contribution in [-0.4, -0.2) is 50.3 Å². The zero-order chi connectivity index (χ0) is 16.7. The van der Waals surface area contributed by atoms with E-state index < -0.39 is 0 Å². The Morgan fingerprint density at radius 3 is 2.74 bits per heavy atom. The van der Waals surface area contributed by atoms with Crippen LogP contribution >= 0.6 is 11.3 Å². The van der Waals surface area contributed by atoms with Crippen LogP contribution in [0.4, 0.5) is 5.13 Å². The van der Waals surface area contributed by atoms with Crippen LogP contribution in [0.2, 0.25) is 0 Å². The van der Waals surface area contributed by atoms with Gasteiger partial charge in [0.1, 0.15) is 0 Å². The van der Waals surface area contributed by atoms with E-state index in [1.165, 1.54) is 4.70 Å². The van der Waals surface area contributed by atoms with E-state index in [0.29, 0.717) is 6.54 Å². The Morgan fingerprint density at radius 1 is 1.26 bits per heavy atom. The van der Waals surface area contributed by atoms with Crippen LogP contribution < -0.4 is 16.0 Å². The molecule has 0 amide bonds. The molecule has 0 unspecified atom stereocenters. The largest absolute Gasteiger partial charge is 0.377 e. The Balaban J connectivity index is 1.73. The molecule has 0 aliphatic heterocycles. The Morgan fingerprint density at radius 2 is 2.04 bits per heavy atom. The molecule has 0 saturated carbocycles. The first kappa shape index (κ1) is 17.5. The summed E-state index contributed by atoms with van der Waals surface area (Å²) in [5.74, 6) is 0.765. The normalized spacial score (nSPS) is 12.4. The maximum atomic E-state index is 5.38. The lowest BCUT2D eigenvalue weighted by atomic mass is 10.1. The number of guanidine groups is 1. The van der Waals surface area contributed by atoms with Crippen molar-refractivity contribution in [1.82, 2.24) is 15.6 Å². The molecule has 0 aliphatic rings. The molecule has 1 heterocycles. The number of para-hydroxylation sites is 1. The fraction of sp³-hybridized carbons (Fsp3) is 0.500. The van der Waals surface area contributed by atoms with Gasteiger partial charge in [-0.25, -0.2) is 4.98 Å². The second-order valence-corrected chi connectivity index (χ2v) is 6.76. The van der Waals surface area contributed by atoms with Gasteiger partial charge in [-0.05, 0) is 26.0 Å². The van der Waals surface area contributed by atoms with Gasteiger partial charge in [0, 0.05) is 33.8 Å². The molecule has 0 bridgehead atoms. The van der Waals surface area contributed by atoms with Crippen molar-refractivity contribution < 1.29 is 4.74 Å². The Labute approximate surface area is 141 Å². The van der Waals surface area contributed by atoms with Gasteiger partial charge in [0.2, 0.25) is 0 Å². The monoisotopic (exact) mass is 335 g/mol. The summed E-state index contributed by atoms with van der Waals surface area (Å²) in [7, 11) is 3.47. The standard InChI is InChI=1S/C16H25N5OS/c1-16(2,22-4)11-20-14(17-3)18-9-10-19-15-21-12-7-5-6-8-13(12)23-15/h5-8H,9-11H2,1-4H3,(H,19,21)(H2,17,18,20). The first-order chi connectivity index (χ1) is 11.0. The molecule has 1 aromatic carbocycles. The number of fused-ring (bicyclic) bond motifs is 1. The molecular weight excluding hydrogens is 310 g/mol. The van der Waals surface area contributed by atoms with Gasteiger partial charge in [-0.2, -0.15) is 0 Å². The smallest absolute Gasteiger partial charge is 0.191 e. The van der Waals surface area contributed by atoms with Gasteiger partial charge in [0.25, 0.3) is 0 Å². The molecule has 0 aliphatic carbocycles. The van der Waals surface area contributed by atoms with E-state index >= 15 is 0 Å². The summed E-state index contributed by atoms with van der Waals surface area (Å²) in [6, 6.07) is 8.14. The molecule has 1 aromatic heterocycles. The van der Waals surface area contributed by atoms with Crippen molar-refractivity contribution in [3.8, 4) is 0 Å². The van der Waals surface area contributed by atoms with Gasteiger partial charge >= 0.3 is 0 Å². The van der Waals surface area contributed by atoms with Crippen molar-refractivity contribution in [3.63, 3.8) is 0 Å². The minimum atomic E-state index is -0.225. The topological polar surface area (TPSA) is 70.6 Å². The van der Waals surface area contributed by atoms with E-state index in [1.54, 1.807) is 25.5 Å². The molecule has 6 nitrogen and oxygen atoms in total. The van der Waals surface area contributed by atoms with Gasteiger partial charge < -0.3 is 20.7 Å². The molecule has 0 radical (unpaired) electrons. The average molecular weight is 335 g/mol. The number of hydrogen-bond acceptors (Lipinski definition) is 5. The quantitative estimate of drug-likeness (QED) is 0.411. The van der Waals surface area contributed by atoms with Crippen LogP contribution in [-0.2, 0) is 4.74 Å². The molecule has 23 heavy (non-hydrogen) atoms. The lowest BCUT2D eigenvalue weighted by Crippen LogP contribution is -2.46. The number of nitrogens with one attached hydrogen (secondary N) is 3. The minimum absolute atomic E-state index is 0.225. The SMILES string of the molecule is CN=C(NCCNc1nc2ccccc2s1)NCC(C)(C)OC. The third-order valence-corrected chi connectivity index (χ3v) is 4.44. The molecule has 0 saturated heterocycles. The average Bonchev–Trinajstić information content (AvgIpc) is 2.97. The number of benzene rings is 1. The van der Waals surface area contributed by atoms with Crippen LogP contribution in [0, 0.1) is 0 Å². The second-order valence-electron chi connectivity index (χ2n) is 5.73. The van der Waals surface area contributed by atoms with E-state index in [-0.39, 0.29) is 5.60 Å². The van der Waals surface area contributed by atoms with Gasteiger partial charge in [-0.3, -0.25) is 4.99 Å². The van der Waals surface area contributed by atoms with Crippen molar-refractivity contribution in [2.75, 3.05) is 39.1 Å². The fourth-order valence-corrected chi connectivity index (χ4v) is 2.78. The fourth-order valence-electron chi connectivity index (χ4n) is 1.89. The second kappa shape index (κ2) is 8.12. The lowest BCUT2D eigenvalue weighted by Gasteiger charge is -2.24. The minimum Gasteiger partial charge on any atom is -0.377 e. The third-order valence-electron chi connectivity index (χ3n) is 3.45. The van der Waals surface area contributed by atoms with E-state index in [4.69, 9.17) is 4.74 Å². The summed E-state index contributed by atoms with van der Waals surface area (Å²) in [5, 5.41) is 10.8. The van der Waals surface area contributed by atoms with Crippen molar-refractivity contribution in [3.05, 3.63) is 24.3 Å².